The van der Waals surface area contributed by atoms with E-state index in [0.717, 1.165) is 22.8 Å². The van der Waals surface area contributed by atoms with Gasteiger partial charge in [0.25, 0.3) is 0 Å². The van der Waals surface area contributed by atoms with Gasteiger partial charge in [-0.1, -0.05) is 30.3 Å². The fourth-order valence-corrected chi connectivity index (χ4v) is 3.12. The molecule has 0 radical (unpaired) electrons. The van der Waals surface area contributed by atoms with Crippen LogP contribution in [0.1, 0.15) is 28.1 Å². The van der Waals surface area contributed by atoms with E-state index in [9.17, 15) is 4.79 Å². The number of hydrogen-bond donors (Lipinski definition) is 3. The van der Waals surface area contributed by atoms with E-state index in [1.54, 1.807) is 11.3 Å². The second-order valence-electron chi connectivity index (χ2n) is 5.55. The molecule has 0 atom stereocenters. The number of amides is 1. The van der Waals surface area contributed by atoms with Crippen LogP contribution in [-0.4, -0.2) is 29.9 Å². The predicted octanol–water partition coefficient (Wildman–Crippen LogP) is 2.75. The number of aromatic nitrogens is 1. The number of aliphatic imine (C=N–C) groups is 1. The van der Waals surface area contributed by atoms with Crippen molar-refractivity contribution in [2.24, 2.45) is 4.99 Å². The zero-order chi connectivity index (χ0) is 18.1. The third-order valence-electron chi connectivity index (χ3n) is 3.47. The van der Waals surface area contributed by atoms with Crippen molar-refractivity contribution in [1.82, 2.24) is 20.9 Å². The first-order chi connectivity index (χ1) is 12.1. The Morgan fingerprint density at radius 1 is 1.12 bits per heavy atom. The maximum Gasteiger partial charge on any atom is 0.242 e. The quantitative estimate of drug-likeness (QED) is 0.319. The maximum absolute atomic E-state index is 12.0. The van der Waals surface area contributed by atoms with E-state index >= 15 is 0 Å². The summed E-state index contributed by atoms with van der Waals surface area (Å²) in [5, 5.41) is 10.3. The molecule has 2 aromatic rings. The van der Waals surface area contributed by atoms with Crippen LogP contribution in [0, 0.1) is 13.8 Å². The van der Waals surface area contributed by atoms with Gasteiger partial charge in [0.15, 0.2) is 5.96 Å². The molecule has 1 aromatic heterocycles. The van der Waals surface area contributed by atoms with E-state index in [-0.39, 0.29) is 36.4 Å². The first-order valence-electron chi connectivity index (χ1n) is 8.34. The SMILES string of the molecule is CCNC(=NCC(=O)NCc1ccccc1)NCc1sc(C)nc1C.I. The Bertz CT molecular complexity index is 718. The Morgan fingerprint density at radius 2 is 1.85 bits per heavy atom. The van der Waals surface area contributed by atoms with Crippen molar-refractivity contribution in [3.63, 3.8) is 0 Å². The Kier molecular flexibility index (Phi) is 10.2. The van der Waals surface area contributed by atoms with Crippen LogP contribution in [-0.2, 0) is 17.9 Å². The standard InChI is InChI=1S/C18H25N5OS.HI/c1-4-19-18(21-11-16-13(2)23-14(3)25-16)22-12-17(24)20-10-15-8-6-5-7-9-15;/h5-9H,4,10-12H2,1-3H3,(H,20,24)(H2,19,21,22);1H. The minimum absolute atomic E-state index is 0. The Labute approximate surface area is 175 Å². The minimum Gasteiger partial charge on any atom is -0.357 e. The number of hydrogen-bond acceptors (Lipinski definition) is 4. The number of nitrogens with one attached hydrogen (secondary N) is 3. The fourth-order valence-electron chi connectivity index (χ4n) is 2.25. The van der Waals surface area contributed by atoms with Crippen molar-refractivity contribution < 1.29 is 4.79 Å². The van der Waals surface area contributed by atoms with Crippen LogP contribution in [0.2, 0.25) is 0 Å². The van der Waals surface area contributed by atoms with Crippen molar-refractivity contribution in [3.8, 4) is 0 Å². The smallest absolute Gasteiger partial charge is 0.242 e. The third-order valence-corrected chi connectivity index (χ3v) is 4.55. The molecule has 0 unspecified atom stereocenters. The van der Waals surface area contributed by atoms with Crippen molar-refractivity contribution in [2.45, 2.75) is 33.9 Å². The summed E-state index contributed by atoms with van der Waals surface area (Å²) in [4.78, 5) is 21.9. The summed E-state index contributed by atoms with van der Waals surface area (Å²) in [6.07, 6.45) is 0. The van der Waals surface area contributed by atoms with E-state index in [4.69, 9.17) is 0 Å². The van der Waals surface area contributed by atoms with Gasteiger partial charge in [-0.2, -0.15) is 0 Å². The number of carbonyl (C=O) groups excluding carboxylic acids is 1. The average molecular weight is 487 g/mol. The van der Waals surface area contributed by atoms with Gasteiger partial charge in [0.1, 0.15) is 6.54 Å². The molecule has 8 heteroatoms. The third kappa shape index (κ3) is 7.69. The largest absolute Gasteiger partial charge is 0.357 e. The molecule has 1 aromatic carbocycles. The molecule has 1 amide bonds. The molecule has 0 bridgehead atoms. The zero-order valence-corrected chi connectivity index (χ0v) is 18.5. The van der Waals surface area contributed by atoms with Crippen molar-refractivity contribution >= 4 is 47.2 Å². The Morgan fingerprint density at radius 3 is 2.46 bits per heavy atom. The normalized spacial score (nSPS) is 10.8. The highest BCUT2D eigenvalue weighted by Gasteiger charge is 2.06. The molecule has 3 N–H and O–H groups in total. The number of guanidine groups is 1. The van der Waals surface area contributed by atoms with Crippen molar-refractivity contribution in [3.05, 3.63) is 51.5 Å². The van der Waals surface area contributed by atoms with Crippen LogP contribution < -0.4 is 16.0 Å². The predicted molar refractivity (Wildman–Crippen MR) is 118 cm³/mol. The van der Waals surface area contributed by atoms with Gasteiger partial charge in [-0.15, -0.1) is 35.3 Å². The molecule has 0 aliphatic carbocycles. The highest BCUT2D eigenvalue weighted by Crippen LogP contribution is 2.16. The van der Waals surface area contributed by atoms with Gasteiger partial charge in [-0.3, -0.25) is 4.79 Å². The lowest BCUT2D eigenvalue weighted by atomic mass is 10.2. The van der Waals surface area contributed by atoms with E-state index in [1.165, 1.54) is 4.88 Å². The highest BCUT2D eigenvalue weighted by molar-refractivity contribution is 14.0. The summed E-state index contributed by atoms with van der Waals surface area (Å²) in [6.45, 7) is 7.97. The van der Waals surface area contributed by atoms with Gasteiger partial charge < -0.3 is 16.0 Å². The van der Waals surface area contributed by atoms with Crippen LogP contribution >= 0.6 is 35.3 Å². The number of aryl methyl sites for hydroxylation is 2. The number of thiazole rings is 1. The van der Waals surface area contributed by atoms with Gasteiger partial charge in [-0.05, 0) is 26.3 Å². The van der Waals surface area contributed by atoms with E-state index < -0.39 is 0 Å². The summed E-state index contributed by atoms with van der Waals surface area (Å²) >= 11 is 1.67. The van der Waals surface area contributed by atoms with Crippen LogP contribution in [0.4, 0.5) is 0 Å². The summed E-state index contributed by atoms with van der Waals surface area (Å²) in [5.41, 5.74) is 2.10. The lowest BCUT2D eigenvalue weighted by Gasteiger charge is -2.11. The second kappa shape index (κ2) is 11.8. The van der Waals surface area contributed by atoms with E-state index in [0.29, 0.717) is 19.0 Å². The summed E-state index contributed by atoms with van der Waals surface area (Å²) < 4.78 is 0. The topological polar surface area (TPSA) is 78.4 Å². The molecule has 0 fully saturated rings. The molecule has 0 saturated heterocycles. The van der Waals surface area contributed by atoms with Gasteiger partial charge in [0.2, 0.25) is 5.91 Å². The molecule has 26 heavy (non-hydrogen) atoms. The number of nitrogens with zero attached hydrogens (tertiary/aromatic N) is 2. The lowest BCUT2D eigenvalue weighted by Crippen LogP contribution is -2.38. The minimum atomic E-state index is -0.106. The zero-order valence-electron chi connectivity index (χ0n) is 15.3. The Hall–Kier alpha value is -1.68. The highest BCUT2D eigenvalue weighted by atomic mass is 127. The van der Waals surface area contributed by atoms with Gasteiger partial charge >= 0.3 is 0 Å². The first kappa shape index (κ1) is 22.4. The molecule has 0 aliphatic rings. The van der Waals surface area contributed by atoms with E-state index in [2.05, 4.69) is 25.9 Å². The molecule has 6 nitrogen and oxygen atoms in total. The number of carbonyl (C=O) groups is 1. The molecule has 0 saturated carbocycles. The number of halogens is 1. The molecular formula is C18H26IN5OS. The maximum atomic E-state index is 12.0. The van der Waals surface area contributed by atoms with E-state index in [1.807, 2.05) is 51.1 Å². The van der Waals surface area contributed by atoms with Gasteiger partial charge in [0.05, 0.1) is 17.2 Å². The van der Waals surface area contributed by atoms with Gasteiger partial charge in [-0.25, -0.2) is 9.98 Å². The molecule has 0 spiro atoms. The fraction of sp³-hybridized carbons (Fsp3) is 0.389. The molecule has 1 heterocycles. The van der Waals surface area contributed by atoms with Crippen molar-refractivity contribution in [1.29, 1.82) is 0 Å². The number of benzene rings is 1. The Balaban J connectivity index is 0.00000338. The molecule has 0 aliphatic heterocycles. The van der Waals surface area contributed by atoms with Crippen LogP contribution in [0.25, 0.3) is 0 Å². The lowest BCUT2D eigenvalue weighted by molar-refractivity contribution is -0.119. The first-order valence-corrected chi connectivity index (χ1v) is 9.16. The molecule has 142 valence electrons. The monoisotopic (exact) mass is 487 g/mol. The summed E-state index contributed by atoms with van der Waals surface area (Å²) in [6, 6.07) is 9.82. The molecule has 2 rings (SSSR count). The van der Waals surface area contributed by atoms with Crippen molar-refractivity contribution in [2.75, 3.05) is 13.1 Å². The summed E-state index contributed by atoms with van der Waals surface area (Å²) in [7, 11) is 0. The summed E-state index contributed by atoms with van der Waals surface area (Å²) in [5.74, 6) is 0.522. The molecular weight excluding hydrogens is 461 g/mol. The van der Waals surface area contributed by atoms with Crippen LogP contribution in [0.3, 0.4) is 0 Å². The van der Waals surface area contributed by atoms with Gasteiger partial charge in [0, 0.05) is 18.0 Å². The second-order valence-corrected chi connectivity index (χ2v) is 6.84. The number of rotatable bonds is 7. The van der Waals surface area contributed by atoms with Crippen LogP contribution in [0.15, 0.2) is 35.3 Å². The average Bonchev–Trinajstić information content (AvgIpc) is 2.94. The van der Waals surface area contributed by atoms with Crippen LogP contribution in [0.5, 0.6) is 0 Å².